The molecule has 2 aromatic carbocycles. The number of hydrogen-bond acceptors (Lipinski definition) is 9. The lowest BCUT2D eigenvalue weighted by molar-refractivity contribution is -0.152. The molecule has 194 valence electrons. The van der Waals surface area contributed by atoms with Gasteiger partial charge in [-0.15, -0.1) is 0 Å². The summed E-state index contributed by atoms with van der Waals surface area (Å²) in [6.07, 6.45) is 2.76. The van der Waals surface area contributed by atoms with Crippen molar-refractivity contribution in [2.45, 2.75) is 32.1 Å². The molecule has 0 spiro atoms. The molecule has 0 heterocycles. The lowest BCUT2D eigenvalue weighted by Crippen LogP contribution is -2.27. The third-order valence-corrected chi connectivity index (χ3v) is 4.84. The van der Waals surface area contributed by atoms with E-state index in [0.717, 1.165) is 25.8 Å². The van der Waals surface area contributed by atoms with Crippen LogP contribution in [0.1, 0.15) is 52.8 Å². The third kappa shape index (κ3) is 12.5. The lowest BCUT2D eigenvalue weighted by Gasteiger charge is -2.08. The molecule has 10 heteroatoms. The van der Waals surface area contributed by atoms with Gasteiger partial charge >= 0.3 is 24.0 Å². The maximum absolute atomic E-state index is 11.7. The maximum Gasteiger partial charge on any atom is 0.410 e. The average Bonchev–Trinajstić information content (AvgIpc) is 2.90. The number of esters is 3. The van der Waals surface area contributed by atoms with E-state index < -0.39 is 37.6 Å². The van der Waals surface area contributed by atoms with Gasteiger partial charge in [0.1, 0.15) is 0 Å². The van der Waals surface area contributed by atoms with Crippen molar-refractivity contribution in [1.29, 1.82) is 0 Å². The zero-order valence-corrected chi connectivity index (χ0v) is 20.1. The Bertz CT molecular complexity index is 860. The van der Waals surface area contributed by atoms with Gasteiger partial charge in [0, 0.05) is 13.0 Å². The molecule has 0 saturated carbocycles. The summed E-state index contributed by atoms with van der Waals surface area (Å²) in [6.45, 7) is 1.04. The van der Waals surface area contributed by atoms with Crippen molar-refractivity contribution >= 4 is 24.0 Å². The highest BCUT2D eigenvalue weighted by Crippen LogP contribution is 2.02. The molecule has 2 rings (SSSR count). The summed E-state index contributed by atoms with van der Waals surface area (Å²) in [5.74, 6) is -1.52. The molecule has 0 radical (unpaired) electrons. The second-order valence-corrected chi connectivity index (χ2v) is 7.62. The minimum absolute atomic E-state index is 0.225. The highest BCUT2D eigenvalue weighted by Gasteiger charge is 2.09. The van der Waals surface area contributed by atoms with E-state index in [9.17, 15) is 19.2 Å². The third-order valence-electron chi connectivity index (χ3n) is 4.84. The molecule has 0 bridgehead atoms. The standard InChI is InChI=1S/C26H32N2O8/c29-23(33-19-34-24(30)21-11-4-1-5-12-21)15-10-17-27-16-8-3-9-18-28-26(32)36-20-35-25(31)22-13-6-2-7-14-22/h1-2,4-7,11-14,27H,3,8-10,15-20H2,(H,28,32). The molecule has 0 atom stereocenters. The summed E-state index contributed by atoms with van der Waals surface area (Å²) in [7, 11) is 0. The van der Waals surface area contributed by atoms with Crippen molar-refractivity contribution in [1.82, 2.24) is 10.6 Å². The first-order valence-electron chi connectivity index (χ1n) is 11.8. The van der Waals surface area contributed by atoms with Crippen LogP contribution in [0, 0.1) is 0 Å². The topological polar surface area (TPSA) is 129 Å². The van der Waals surface area contributed by atoms with E-state index in [-0.39, 0.29) is 6.42 Å². The molecule has 10 nitrogen and oxygen atoms in total. The summed E-state index contributed by atoms with van der Waals surface area (Å²) in [5.41, 5.74) is 0.784. The second kappa shape index (κ2) is 17.5. The number of ether oxygens (including phenoxy) is 4. The van der Waals surface area contributed by atoms with Gasteiger partial charge in [0.25, 0.3) is 0 Å². The van der Waals surface area contributed by atoms with E-state index >= 15 is 0 Å². The predicted octanol–water partition coefficient (Wildman–Crippen LogP) is 3.42. The fourth-order valence-corrected chi connectivity index (χ4v) is 2.95. The van der Waals surface area contributed by atoms with Gasteiger partial charge in [0.2, 0.25) is 13.6 Å². The molecular formula is C26H32N2O8. The number of alkyl carbamates (subject to hydrolysis) is 1. The number of carbonyl (C=O) groups is 4. The smallest absolute Gasteiger partial charge is 0.410 e. The molecule has 0 fully saturated rings. The second-order valence-electron chi connectivity index (χ2n) is 7.62. The van der Waals surface area contributed by atoms with Crippen molar-refractivity contribution in [3.05, 3.63) is 71.8 Å². The Morgan fingerprint density at radius 2 is 1.11 bits per heavy atom. The summed E-state index contributed by atoms with van der Waals surface area (Å²) in [4.78, 5) is 46.7. The van der Waals surface area contributed by atoms with E-state index in [1.807, 2.05) is 0 Å². The SMILES string of the molecule is O=C(CCCNCCCCCNC(=O)OCOC(=O)c1ccccc1)OCOC(=O)c1ccccc1. The summed E-state index contributed by atoms with van der Waals surface area (Å²) in [6, 6.07) is 16.9. The number of benzene rings is 2. The Labute approximate surface area is 210 Å². The molecule has 2 aromatic rings. The monoisotopic (exact) mass is 500 g/mol. The highest BCUT2D eigenvalue weighted by molar-refractivity contribution is 5.89. The van der Waals surface area contributed by atoms with Crippen molar-refractivity contribution in [3.8, 4) is 0 Å². The van der Waals surface area contributed by atoms with Crippen LogP contribution in [0.2, 0.25) is 0 Å². The zero-order chi connectivity index (χ0) is 25.8. The van der Waals surface area contributed by atoms with E-state index in [1.165, 1.54) is 0 Å². The summed E-state index contributed by atoms with van der Waals surface area (Å²) in [5, 5.41) is 5.83. The normalized spacial score (nSPS) is 10.2. The predicted molar refractivity (Wildman–Crippen MR) is 130 cm³/mol. The fourth-order valence-electron chi connectivity index (χ4n) is 2.95. The maximum atomic E-state index is 11.7. The number of hydrogen-bond donors (Lipinski definition) is 2. The first-order chi connectivity index (χ1) is 17.6. The first-order valence-corrected chi connectivity index (χ1v) is 11.8. The van der Waals surface area contributed by atoms with E-state index in [4.69, 9.17) is 18.9 Å². The highest BCUT2D eigenvalue weighted by atomic mass is 16.7. The minimum Gasteiger partial charge on any atom is -0.428 e. The van der Waals surface area contributed by atoms with Crippen LogP contribution >= 0.6 is 0 Å². The van der Waals surface area contributed by atoms with Gasteiger partial charge in [-0.05, 0) is 56.6 Å². The van der Waals surface area contributed by atoms with Crippen molar-refractivity contribution in [2.75, 3.05) is 33.2 Å². The minimum atomic E-state index is -0.643. The molecule has 0 aromatic heterocycles. The lowest BCUT2D eigenvalue weighted by atomic mass is 10.2. The van der Waals surface area contributed by atoms with Gasteiger partial charge in [-0.3, -0.25) is 4.79 Å². The van der Waals surface area contributed by atoms with Crippen LogP contribution in [0.4, 0.5) is 4.79 Å². The van der Waals surface area contributed by atoms with Gasteiger partial charge in [0.05, 0.1) is 11.1 Å². The molecular weight excluding hydrogens is 468 g/mol. The van der Waals surface area contributed by atoms with Crippen molar-refractivity contribution in [2.24, 2.45) is 0 Å². The van der Waals surface area contributed by atoms with Crippen molar-refractivity contribution < 1.29 is 38.1 Å². The number of rotatable bonds is 16. The Hall–Kier alpha value is -3.92. The van der Waals surface area contributed by atoms with E-state index in [2.05, 4.69) is 10.6 Å². The van der Waals surface area contributed by atoms with E-state index in [1.54, 1.807) is 60.7 Å². The van der Waals surface area contributed by atoms with Crippen LogP contribution in [0.25, 0.3) is 0 Å². The van der Waals surface area contributed by atoms with Gasteiger partial charge in [-0.2, -0.15) is 0 Å². The van der Waals surface area contributed by atoms with Gasteiger partial charge < -0.3 is 29.6 Å². The van der Waals surface area contributed by atoms with E-state index in [0.29, 0.717) is 30.6 Å². The molecule has 0 aliphatic heterocycles. The van der Waals surface area contributed by atoms with Crippen LogP contribution in [0.15, 0.2) is 60.7 Å². The molecule has 0 aliphatic carbocycles. The number of unbranched alkanes of at least 4 members (excludes halogenated alkanes) is 2. The zero-order valence-electron chi connectivity index (χ0n) is 20.1. The van der Waals surface area contributed by atoms with Gasteiger partial charge in [-0.1, -0.05) is 42.8 Å². The largest absolute Gasteiger partial charge is 0.428 e. The molecule has 0 saturated heterocycles. The number of nitrogens with one attached hydrogen (secondary N) is 2. The van der Waals surface area contributed by atoms with Crippen LogP contribution < -0.4 is 10.6 Å². The van der Waals surface area contributed by atoms with Crippen molar-refractivity contribution in [3.63, 3.8) is 0 Å². The molecule has 36 heavy (non-hydrogen) atoms. The molecule has 0 unspecified atom stereocenters. The Kier molecular flexibility index (Phi) is 13.8. The van der Waals surface area contributed by atoms with Crippen LogP contribution in [-0.4, -0.2) is 57.2 Å². The molecule has 0 aliphatic rings. The summed E-state index contributed by atoms with van der Waals surface area (Å²) < 4.78 is 19.5. The van der Waals surface area contributed by atoms with Crippen LogP contribution in [0.5, 0.6) is 0 Å². The average molecular weight is 501 g/mol. The van der Waals surface area contributed by atoms with Gasteiger partial charge in [-0.25, -0.2) is 14.4 Å². The van der Waals surface area contributed by atoms with Crippen LogP contribution in [0.3, 0.4) is 0 Å². The Balaban J connectivity index is 1.35. The van der Waals surface area contributed by atoms with Crippen LogP contribution in [-0.2, 0) is 23.7 Å². The fraction of sp³-hybridized carbons (Fsp3) is 0.385. The number of amides is 1. The Morgan fingerprint density at radius 1 is 0.583 bits per heavy atom. The molecule has 2 N–H and O–H groups in total. The first kappa shape index (κ1) is 28.3. The van der Waals surface area contributed by atoms with Gasteiger partial charge in [0.15, 0.2) is 0 Å². The number of carbonyl (C=O) groups excluding carboxylic acids is 4. The Morgan fingerprint density at radius 3 is 1.72 bits per heavy atom. The summed E-state index contributed by atoms with van der Waals surface area (Å²) >= 11 is 0. The quantitative estimate of drug-likeness (QED) is 0.202. The molecule has 1 amide bonds.